The Labute approximate surface area is 199 Å². The molecule has 0 saturated heterocycles. The molecule has 0 bridgehead atoms. The van der Waals surface area contributed by atoms with Gasteiger partial charge in [0, 0.05) is 35.5 Å². The molecule has 0 atom stereocenters. The van der Waals surface area contributed by atoms with Crippen LogP contribution in [0.15, 0.2) is 86.7 Å². The van der Waals surface area contributed by atoms with Gasteiger partial charge in [0.25, 0.3) is 0 Å². The van der Waals surface area contributed by atoms with Gasteiger partial charge in [-0.05, 0) is 42.0 Å². The van der Waals surface area contributed by atoms with Crippen molar-refractivity contribution < 1.29 is 23.9 Å². The molecule has 5 aromatic rings. The maximum atomic E-state index is 12.8. The highest BCUT2D eigenvalue weighted by molar-refractivity contribution is 5.90. The van der Waals surface area contributed by atoms with Crippen molar-refractivity contribution in [1.29, 1.82) is 0 Å². The van der Waals surface area contributed by atoms with E-state index in [9.17, 15) is 19.8 Å². The van der Waals surface area contributed by atoms with Crippen molar-refractivity contribution in [2.24, 2.45) is 0 Å². The van der Waals surface area contributed by atoms with Crippen LogP contribution in [0.4, 0.5) is 5.69 Å². The highest BCUT2D eigenvalue weighted by Crippen LogP contribution is 2.37. The van der Waals surface area contributed by atoms with Gasteiger partial charge in [0.05, 0.1) is 17.3 Å². The summed E-state index contributed by atoms with van der Waals surface area (Å²) in [6.45, 7) is 1.38. The number of hydrogen-bond acceptors (Lipinski definition) is 7. The van der Waals surface area contributed by atoms with Crippen LogP contribution >= 0.6 is 0 Å². The second-order valence-electron chi connectivity index (χ2n) is 8.07. The van der Waals surface area contributed by atoms with E-state index in [2.05, 4.69) is 10.5 Å². The summed E-state index contributed by atoms with van der Waals surface area (Å²) in [6.07, 6.45) is 1.58. The number of amides is 1. The van der Waals surface area contributed by atoms with E-state index in [1.54, 1.807) is 24.3 Å². The van der Waals surface area contributed by atoms with Crippen molar-refractivity contribution in [2.75, 3.05) is 5.32 Å². The third kappa shape index (κ3) is 4.24. The first kappa shape index (κ1) is 22.0. The number of carbonyl (C=O) groups is 1. The Balaban J connectivity index is 1.59. The smallest absolute Gasteiger partial charge is 0.344 e. The molecule has 3 N–H and O–H groups in total. The summed E-state index contributed by atoms with van der Waals surface area (Å²) in [7, 11) is 0. The predicted octanol–water partition coefficient (Wildman–Crippen LogP) is 5.08. The maximum absolute atomic E-state index is 12.8. The van der Waals surface area contributed by atoms with E-state index in [4.69, 9.17) is 8.94 Å². The van der Waals surface area contributed by atoms with Crippen LogP contribution < -0.4 is 10.9 Å². The number of phenols is 2. The number of rotatable bonds is 5. The summed E-state index contributed by atoms with van der Waals surface area (Å²) in [4.78, 5) is 24.2. The lowest BCUT2D eigenvalue weighted by Crippen LogP contribution is -2.05. The van der Waals surface area contributed by atoms with Crippen LogP contribution in [0, 0.1) is 0 Å². The van der Waals surface area contributed by atoms with Gasteiger partial charge in [0.15, 0.2) is 5.76 Å². The molecule has 0 radical (unpaired) electrons. The largest absolute Gasteiger partial charge is 0.508 e. The van der Waals surface area contributed by atoms with Gasteiger partial charge in [-0.2, -0.15) is 0 Å². The van der Waals surface area contributed by atoms with E-state index in [-0.39, 0.29) is 35.2 Å². The van der Waals surface area contributed by atoms with Gasteiger partial charge >= 0.3 is 5.63 Å². The third-order valence-corrected chi connectivity index (χ3v) is 5.64. The Morgan fingerprint density at radius 3 is 2.51 bits per heavy atom. The summed E-state index contributed by atoms with van der Waals surface area (Å²) in [5.74, 6) is -0.130. The fourth-order valence-electron chi connectivity index (χ4n) is 4.02. The number of fused-ring (bicyclic) bond motifs is 1. The molecule has 1 amide bonds. The van der Waals surface area contributed by atoms with Gasteiger partial charge in [0.1, 0.15) is 17.1 Å². The molecule has 3 aromatic carbocycles. The molecule has 2 aromatic heterocycles. The molecular formula is C27H20N2O6. The Hall–Kier alpha value is -4.85. The zero-order chi connectivity index (χ0) is 24.5. The van der Waals surface area contributed by atoms with Crippen LogP contribution in [-0.4, -0.2) is 21.3 Å². The molecule has 0 fully saturated rings. The summed E-state index contributed by atoms with van der Waals surface area (Å²) >= 11 is 0. The Morgan fingerprint density at radius 2 is 1.74 bits per heavy atom. The first-order valence-electron chi connectivity index (χ1n) is 10.8. The van der Waals surface area contributed by atoms with E-state index >= 15 is 0 Å². The Morgan fingerprint density at radius 1 is 0.971 bits per heavy atom. The summed E-state index contributed by atoms with van der Waals surface area (Å²) in [5.41, 5.74) is 2.57. The quantitative estimate of drug-likeness (QED) is 0.243. The molecule has 0 saturated carbocycles. The number of anilines is 1. The molecular weight excluding hydrogens is 448 g/mol. The summed E-state index contributed by atoms with van der Waals surface area (Å²) < 4.78 is 11.1. The maximum Gasteiger partial charge on any atom is 0.344 e. The van der Waals surface area contributed by atoms with E-state index in [0.29, 0.717) is 33.3 Å². The molecule has 2 heterocycles. The minimum absolute atomic E-state index is 0.0588. The summed E-state index contributed by atoms with van der Waals surface area (Å²) in [6, 6.07) is 18.7. The first-order chi connectivity index (χ1) is 16.9. The van der Waals surface area contributed by atoms with Crippen LogP contribution in [0.3, 0.4) is 0 Å². The number of nitrogens with zero attached hydrogens (tertiary/aromatic N) is 1. The molecule has 8 heteroatoms. The lowest BCUT2D eigenvalue weighted by atomic mass is 9.98. The van der Waals surface area contributed by atoms with Gasteiger partial charge in [-0.3, -0.25) is 4.79 Å². The number of hydrogen-bond donors (Lipinski definition) is 3. The zero-order valence-electron chi connectivity index (χ0n) is 18.6. The number of carbonyl (C=O) groups excluding carboxylic acids is 1. The molecule has 0 aliphatic rings. The lowest BCUT2D eigenvalue weighted by molar-refractivity contribution is -0.114. The Kier molecular flexibility index (Phi) is 5.54. The van der Waals surface area contributed by atoms with E-state index in [1.807, 2.05) is 30.3 Å². The van der Waals surface area contributed by atoms with E-state index in [0.717, 1.165) is 5.56 Å². The average molecular weight is 468 g/mol. The van der Waals surface area contributed by atoms with Crippen LogP contribution in [-0.2, 0) is 11.2 Å². The normalized spacial score (nSPS) is 11.0. The molecule has 0 aliphatic heterocycles. The standard InChI is InChI=1S/C27H20N2O6/c1-15(30)29-19-8-10-24(32)22(13-19)26-18(14-28-35-26)12-21-23(31)9-7-17-11-20(27(33)34-25(17)21)16-5-3-2-4-6-16/h2-11,13-14,31-32H,12H2,1H3,(H,29,30). The van der Waals surface area contributed by atoms with Crippen LogP contribution in [0.2, 0.25) is 0 Å². The molecule has 0 aliphatic carbocycles. The van der Waals surface area contributed by atoms with Crippen molar-refractivity contribution in [3.05, 3.63) is 94.5 Å². The van der Waals surface area contributed by atoms with Gasteiger partial charge in [0.2, 0.25) is 5.91 Å². The van der Waals surface area contributed by atoms with Gasteiger partial charge in [-0.15, -0.1) is 0 Å². The number of aromatic nitrogens is 1. The number of benzene rings is 3. The van der Waals surface area contributed by atoms with Crippen molar-refractivity contribution >= 4 is 22.6 Å². The van der Waals surface area contributed by atoms with E-state index < -0.39 is 5.63 Å². The number of nitrogens with one attached hydrogen (secondary N) is 1. The molecule has 174 valence electrons. The van der Waals surface area contributed by atoms with Crippen LogP contribution in [0.1, 0.15) is 18.1 Å². The second kappa shape index (κ2) is 8.83. The second-order valence-corrected chi connectivity index (χ2v) is 8.07. The number of phenolic OH excluding ortho intramolecular Hbond substituents is 2. The number of aromatic hydroxyl groups is 2. The topological polar surface area (TPSA) is 126 Å². The summed E-state index contributed by atoms with van der Waals surface area (Å²) in [5, 5.41) is 28.2. The highest BCUT2D eigenvalue weighted by atomic mass is 16.5. The minimum Gasteiger partial charge on any atom is -0.508 e. The van der Waals surface area contributed by atoms with Gasteiger partial charge in [-0.1, -0.05) is 35.5 Å². The van der Waals surface area contributed by atoms with Crippen molar-refractivity contribution in [1.82, 2.24) is 5.16 Å². The molecule has 0 unspecified atom stereocenters. The minimum atomic E-state index is -0.526. The lowest BCUT2D eigenvalue weighted by Gasteiger charge is -2.10. The first-order valence-corrected chi connectivity index (χ1v) is 10.8. The van der Waals surface area contributed by atoms with Gasteiger partial charge in [-0.25, -0.2) is 4.79 Å². The SMILES string of the molecule is CC(=O)Nc1ccc(O)c(-c2oncc2Cc2c(O)ccc3cc(-c4ccccc4)c(=O)oc23)c1. The van der Waals surface area contributed by atoms with Crippen molar-refractivity contribution in [2.45, 2.75) is 13.3 Å². The fourth-order valence-corrected chi connectivity index (χ4v) is 4.02. The highest BCUT2D eigenvalue weighted by Gasteiger charge is 2.20. The monoisotopic (exact) mass is 468 g/mol. The predicted molar refractivity (Wildman–Crippen MR) is 130 cm³/mol. The molecule has 0 spiro atoms. The Bertz CT molecular complexity index is 1620. The molecule has 8 nitrogen and oxygen atoms in total. The molecule has 5 rings (SSSR count). The van der Waals surface area contributed by atoms with Crippen molar-refractivity contribution in [3.63, 3.8) is 0 Å². The fraction of sp³-hybridized carbons (Fsp3) is 0.0741. The van der Waals surface area contributed by atoms with Crippen LogP contribution in [0.25, 0.3) is 33.4 Å². The van der Waals surface area contributed by atoms with Crippen LogP contribution in [0.5, 0.6) is 11.5 Å². The van der Waals surface area contributed by atoms with Gasteiger partial charge < -0.3 is 24.5 Å². The third-order valence-electron chi connectivity index (χ3n) is 5.64. The van der Waals surface area contributed by atoms with E-state index in [1.165, 1.54) is 25.3 Å². The average Bonchev–Trinajstić information content (AvgIpc) is 3.30. The van der Waals surface area contributed by atoms with Crippen molar-refractivity contribution in [3.8, 4) is 33.9 Å². The molecule has 35 heavy (non-hydrogen) atoms. The zero-order valence-corrected chi connectivity index (χ0v) is 18.6.